The van der Waals surface area contributed by atoms with Gasteiger partial charge < -0.3 is 0 Å². The minimum absolute atomic E-state index is 0.400. The molecule has 3 rings (SSSR count). The number of hydrogen-bond donors (Lipinski definition) is 0. The van der Waals surface area contributed by atoms with Gasteiger partial charge in [0.15, 0.2) is 0 Å². The van der Waals surface area contributed by atoms with E-state index in [4.69, 9.17) is 0 Å². The van der Waals surface area contributed by atoms with Crippen LogP contribution in [-0.2, 0) is 10.8 Å². The van der Waals surface area contributed by atoms with Gasteiger partial charge in [0, 0.05) is 5.41 Å². The van der Waals surface area contributed by atoms with Crippen molar-refractivity contribution >= 4 is 15.7 Å². The quantitative estimate of drug-likeness (QED) is 0.798. The monoisotopic (exact) mass is 244 g/mol. The van der Waals surface area contributed by atoms with Crippen molar-refractivity contribution in [3.8, 4) is 5.69 Å². The molecule has 2 aromatic rings. The maximum Gasteiger partial charge on any atom is 0.214 e. The lowest BCUT2D eigenvalue weighted by atomic mass is 10.3. The predicted molar refractivity (Wildman–Crippen MR) is 64.4 cm³/mol. The van der Waals surface area contributed by atoms with Crippen LogP contribution in [-0.4, -0.2) is 24.4 Å². The summed E-state index contributed by atoms with van der Waals surface area (Å²) in [7, 11) is -1.15. The minimum atomic E-state index is -1.15. The molecule has 1 aliphatic heterocycles. The molecule has 0 amide bonds. The third-order valence-electron chi connectivity index (χ3n) is 2.29. The highest BCUT2D eigenvalue weighted by Gasteiger charge is 2.16. The van der Waals surface area contributed by atoms with E-state index in [2.05, 4.69) is 15.4 Å². The van der Waals surface area contributed by atoms with Crippen LogP contribution in [0.1, 0.15) is 5.82 Å². The van der Waals surface area contributed by atoms with Gasteiger partial charge >= 0.3 is 0 Å². The normalized spacial score (nSPS) is 18.4. The number of benzene rings is 1. The zero-order valence-corrected chi connectivity index (χ0v) is 9.54. The van der Waals surface area contributed by atoms with Crippen LogP contribution in [0.5, 0.6) is 0 Å². The molecule has 0 aliphatic carbocycles. The Morgan fingerprint density at radius 3 is 2.71 bits per heavy atom. The Morgan fingerprint density at radius 1 is 1.18 bits per heavy atom. The SMILES string of the molecule is O=S1C=CC=C1c1nnn(-c2ccccc2)n1. The van der Waals surface area contributed by atoms with Crippen molar-refractivity contribution in [3.05, 3.63) is 53.7 Å². The van der Waals surface area contributed by atoms with Crippen LogP contribution in [0.4, 0.5) is 0 Å². The van der Waals surface area contributed by atoms with E-state index in [1.807, 2.05) is 30.3 Å². The fraction of sp³-hybridized carbons (Fsp3) is 0. The molecule has 1 unspecified atom stereocenters. The second kappa shape index (κ2) is 4.06. The van der Waals surface area contributed by atoms with Gasteiger partial charge in [0.25, 0.3) is 0 Å². The van der Waals surface area contributed by atoms with E-state index in [0.29, 0.717) is 10.7 Å². The highest BCUT2D eigenvalue weighted by atomic mass is 32.2. The van der Waals surface area contributed by atoms with Crippen molar-refractivity contribution in [1.82, 2.24) is 20.2 Å². The van der Waals surface area contributed by atoms with E-state index in [1.54, 1.807) is 17.6 Å². The minimum Gasteiger partial charge on any atom is -0.250 e. The fourth-order valence-corrected chi connectivity index (χ4v) is 2.33. The number of rotatable bonds is 2. The van der Waals surface area contributed by atoms with Crippen molar-refractivity contribution in [2.75, 3.05) is 0 Å². The third kappa shape index (κ3) is 1.83. The number of allylic oxidation sites excluding steroid dienone is 2. The van der Waals surface area contributed by atoms with Gasteiger partial charge in [-0.3, -0.25) is 0 Å². The van der Waals surface area contributed by atoms with E-state index in [-0.39, 0.29) is 0 Å². The summed E-state index contributed by atoms with van der Waals surface area (Å²) in [5.41, 5.74) is 0.823. The van der Waals surface area contributed by atoms with E-state index in [1.165, 1.54) is 4.80 Å². The standard InChI is InChI=1S/C11H8N4OS/c16-17-8-4-7-10(17)11-12-14-15(13-11)9-5-2-1-3-6-9/h1-8H. The highest BCUT2D eigenvalue weighted by Crippen LogP contribution is 2.20. The summed E-state index contributed by atoms with van der Waals surface area (Å²) in [6.45, 7) is 0. The highest BCUT2D eigenvalue weighted by molar-refractivity contribution is 7.97. The van der Waals surface area contributed by atoms with Gasteiger partial charge in [0.05, 0.1) is 21.4 Å². The molecule has 0 saturated carbocycles. The van der Waals surface area contributed by atoms with Crippen LogP contribution in [0.2, 0.25) is 0 Å². The molecule has 0 spiro atoms. The molecule has 0 fully saturated rings. The van der Waals surface area contributed by atoms with Crippen LogP contribution in [0.15, 0.2) is 47.9 Å². The topological polar surface area (TPSA) is 60.7 Å². The summed E-state index contributed by atoms with van der Waals surface area (Å²) in [6.07, 6.45) is 3.47. The second-order valence-electron chi connectivity index (χ2n) is 3.39. The van der Waals surface area contributed by atoms with Gasteiger partial charge in [-0.05, 0) is 23.4 Å². The first-order valence-corrected chi connectivity index (χ1v) is 6.21. The molecule has 0 radical (unpaired) electrons. The largest absolute Gasteiger partial charge is 0.250 e. The summed E-state index contributed by atoms with van der Waals surface area (Å²) < 4.78 is 11.6. The number of tetrazole rings is 1. The summed E-state index contributed by atoms with van der Waals surface area (Å²) in [4.78, 5) is 2.01. The third-order valence-corrected chi connectivity index (χ3v) is 3.44. The number of nitrogens with zero attached hydrogens (tertiary/aromatic N) is 4. The van der Waals surface area contributed by atoms with E-state index < -0.39 is 10.8 Å². The fourth-order valence-electron chi connectivity index (χ4n) is 1.49. The molecule has 5 nitrogen and oxygen atoms in total. The molecule has 0 saturated heterocycles. The van der Waals surface area contributed by atoms with Crippen LogP contribution < -0.4 is 0 Å². The predicted octanol–water partition coefficient (Wildman–Crippen LogP) is 1.28. The lowest BCUT2D eigenvalue weighted by Crippen LogP contribution is -1.99. The summed E-state index contributed by atoms with van der Waals surface area (Å²) in [5, 5.41) is 13.6. The van der Waals surface area contributed by atoms with Gasteiger partial charge in [-0.2, -0.15) is 0 Å². The molecule has 1 aromatic heterocycles. The van der Waals surface area contributed by atoms with E-state index >= 15 is 0 Å². The Morgan fingerprint density at radius 2 is 2.00 bits per heavy atom. The average Bonchev–Trinajstić information content (AvgIpc) is 2.98. The Balaban J connectivity index is 1.97. The van der Waals surface area contributed by atoms with Crippen LogP contribution in [0.25, 0.3) is 10.6 Å². The number of para-hydroxylation sites is 1. The molecule has 6 heteroatoms. The molecular weight excluding hydrogens is 236 g/mol. The first-order valence-electron chi connectivity index (χ1n) is 4.99. The van der Waals surface area contributed by atoms with Gasteiger partial charge in [0.2, 0.25) is 5.82 Å². The van der Waals surface area contributed by atoms with Crippen LogP contribution in [0.3, 0.4) is 0 Å². The van der Waals surface area contributed by atoms with Gasteiger partial charge in [-0.15, -0.1) is 15.0 Å². The Labute approximate surface area is 99.9 Å². The smallest absolute Gasteiger partial charge is 0.214 e. The molecule has 84 valence electrons. The molecule has 17 heavy (non-hydrogen) atoms. The molecule has 0 bridgehead atoms. The number of aromatic nitrogens is 4. The maximum atomic E-state index is 11.6. The first-order chi connectivity index (χ1) is 8.34. The molecule has 2 heterocycles. The summed E-state index contributed by atoms with van der Waals surface area (Å²) in [5.74, 6) is 0.400. The molecule has 1 atom stereocenters. The summed E-state index contributed by atoms with van der Waals surface area (Å²) >= 11 is 0. The summed E-state index contributed by atoms with van der Waals surface area (Å²) in [6, 6.07) is 9.47. The lowest BCUT2D eigenvalue weighted by Gasteiger charge is -1.95. The van der Waals surface area contributed by atoms with Crippen molar-refractivity contribution in [2.45, 2.75) is 0 Å². The van der Waals surface area contributed by atoms with Crippen molar-refractivity contribution < 1.29 is 4.21 Å². The van der Waals surface area contributed by atoms with E-state index in [0.717, 1.165) is 5.69 Å². The van der Waals surface area contributed by atoms with Gasteiger partial charge in [-0.1, -0.05) is 24.3 Å². The second-order valence-corrected chi connectivity index (χ2v) is 4.70. The van der Waals surface area contributed by atoms with Gasteiger partial charge in [-0.25, -0.2) is 4.21 Å². The zero-order valence-electron chi connectivity index (χ0n) is 8.72. The van der Waals surface area contributed by atoms with Crippen LogP contribution >= 0.6 is 0 Å². The van der Waals surface area contributed by atoms with Gasteiger partial charge in [0.1, 0.15) is 0 Å². The van der Waals surface area contributed by atoms with Crippen molar-refractivity contribution in [3.63, 3.8) is 0 Å². The van der Waals surface area contributed by atoms with Crippen LogP contribution in [0, 0.1) is 0 Å². The Hall–Kier alpha value is -2.08. The zero-order chi connectivity index (χ0) is 11.7. The van der Waals surface area contributed by atoms with Crippen molar-refractivity contribution in [2.24, 2.45) is 0 Å². The van der Waals surface area contributed by atoms with E-state index in [9.17, 15) is 4.21 Å². The van der Waals surface area contributed by atoms with Crippen molar-refractivity contribution in [1.29, 1.82) is 0 Å². The number of hydrogen-bond acceptors (Lipinski definition) is 4. The Bertz CT molecular complexity index is 630. The first kappa shape index (κ1) is 10.1. The average molecular weight is 244 g/mol. The molecule has 0 N–H and O–H groups in total. The maximum absolute atomic E-state index is 11.6. The lowest BCUT2D eigenvalue weighted by molar-refractivity contribution is 0.693. The molecular formula is C11H8N4OS. The Kier molecular flexibility index (Phi) is 2.41. The molecule has 1 aromatic carbocycles. The molecule has 1 aliphatic rings.